The van der Waals surface area contributed by atoms with Crippen molar-refractivity contribution in [1.82, 2.24) is 19.4 Å². The number of pyridine rings is 1. The van der Waals surface area contributed by atoms with E-state index in [0.717, 1.165) is 11.3 Å². The Bertz CT molecular complexity index is 643. The number of anilines is 1. The summed E-state index contributed by atoms with van der Waals surface area (Å²) in [6.45, 7) is 0. The standard InChI is InChI=1S/C11H9N5/c12-9-4-5-14-11(15-9)8-2-1-3-10-13-6-7-16(8)10/h1-7H,(H2,12,14,15). The number of aromatic nitrogens is 4. The number of nitrogens with zero attached hydrogens (tertiary/aromatic N) is 4. The monoisotopic (exact) mass is 211 g/mol. The van der Waals surface area contributed by atoms with Crippen molar-refractivity contribution in [2.75, 3.05) is 5.73 Å². The Kier molecular flexibility index (Phi) is 1.83. The fourth-order valence-electron chi connectivity index (χ4n) is 1.63. The molecule has 0 aliphatic carbocycles. The van der Waals surface area contributed by atoms with Gasteiger partial charge in [0.1, 0.15) is 11.5 Å². The first-order chi connectivity index (χ1) is 7.84. The zero-order valence-electron chi connectivity index (χ0n) is 8.41. The first kappa shape index (κ1) is 8.84. The van der Waals surface area contributed by atoms with Crippen LogP contribution >= 0.6 is 0 Å². The lowest BCUT2D eigenvalue weighted by Gasteiger charge is -2.03. The summed E-state index contributed by atoms with van der Waals surface area (Å²) in [5.41, 5.74) is 7.38. The van der Waals surface area contributed by atoms with Crippen LogP contribution in [0.1, 0.15) is 0 Å². The molecule has 0 unspecified atom stereocenters. The van der Waals surface area contributed by atoms with Gasteiger partial charge in [0.15, 0.2) is 5.82 Å². The van der Waals surface area contributed by atoms with E-state index in [2.05, 4.69) is 15.0 Å². The van der Waals surface area contributed by atoms with Crippen LogP contribution < -0.4 is 5.73 Å². The maximum atomic E-state index is 5.64. The van der Waals surface area contributed by atoms with Gasteiger partial charge in [-0.3, -0.25) is 4.40 Å². The van der Waals surface area contributed by atoms with Crippen LogP contribution in [0.5, 0.6) is 0 Å². The third-order valence-corrected chi connectivity index (χ3v) is 2.33. The third kappa shape index (κ3) is 1.30. The van der Waals surface area contributed by atoms with E-state index in [-0.39, 0.29) is 0 Å². The summed E-state index contributed by atoms with van der Waals surface area (Å²) in [4.78, 5) is 12.6. The van der Waals surface area contributed by atoms with E-state index < -0.39 is 0 Å². The molecule has 3 heterocycles. The maximum absolute atomic E-state index is 5.64. The summed E-state index contributed by atoms with van der Waals surface area (Å²) in [5, 5.41) is 0. The predicted octanol–water partition coefficient (Wildman–Crippen LogP) is 1.37. The maximum Gasteiger partial charge on any atom is 0.178 e. The van der Waals surface area contributed by atoms with E-state index in [4.69, 9.17) is 5.73 Å². The fourth-order valence-corrected chi connectivity index (χ4v) is 1.63. The Hall–Kier alpha value is -2.43. The second-order valence-corrected chi connectivity index (χ2v) is 3.37. The summed E-state index contributed by atoms with van der Waals surface area (Å²) < 4.78 is 1.93. The number of nitrogen functional groups attached to an aromatic ring is 1. The van der Waals surface area contributed by atoms with Gasteiger partial charge in [-0.05, 0) is 18.2 Å². The van der Waals surface area contributed by atoms with Crippen LogP contribution in [-0.2, 0) is 0 Å². The van der Waals surface area contributed by atoms with Crippen LogP contribution in [0.3, 0.4) is 0 Å². The molecule has 16 heavy (non-hydrogen) atoms. The van der Waals surface area contributed by atoms with Gasteiger partial charge < -0.3 is 5.73 Å². The van der Waals surface area contributed by atoms with Crippen molar-refractivity contribution in [3.8, 4) is 11.5 Å². The van der Waals surface area contributed by atoms with Gasteiger partial charge in [-0.15, -0.1) is 0 Å². The molecule has 5 nitrogen and oxygen atoms in total. The third-order valence-electron chi connectivity index (χ3n) is 2.33. The second-order valence-electron chi connectivity index (χ2n) is 3.37. The van der Waals surface area contributed by atoms with E-state index in [1.807, 2.05) is 28.8 Å². The highest BCUT2D eigenvalue weighted by Crippen LogP contribution is 2.16. The van der Waals surface area contributed by atoms with Gasteiger partial charge in [-0.2, -0.15) is 0 Å². The van der Waals surface area contributed by atoms with Crippen molar-refractivity contribution in [1.29, 1.82) is 0 Å². The Labute approximate surface area is 91.6 Å². The zero-order valence-corrected chi connectivity index (χ0v) is 8.41. The van der Waals surface area contributed by atoms with Crippen LogP contribution in [0.15, 0.2) is 42.9 Å². The molecular formula is C11H9N5. The van der Waals surface area contributed by atoms with Gasteiger partial charge in [-0.1, -0.05) is 6.07 Å². The fraction of sp³-hybridized carbons (Fsp3) is 0. The predicted molar refractivity (Wildman–Crippen MR) is 60.6 cm³/mol. The van der Waals surface area contributed by atoms with Crippen molar-refractivity contribution >= 4 is 11.5 Å². The molecule has 0 aromatic carbocycles. The molecule has 0 saturated carbocycles. The lowest BCUT2D eigenvalue weighted by atomic mass is 10.3. The molecule has 3 aromatic rings. The van der Waals surface area contributed by atoms with Crippen molar-refractivity contribution in [2.45, 2.75) is 0 Å². The topological polar surface area (TPSA) is 69.1 Å². The summed E-state index contributed by atoms with van der Waals surface area (Å²) in [7, 11) is 0. The highest BCUT2D eigenvalue weighted by Gasteiger charge is 2.05. The molecule has 0 radical (unpaired) electrons. The Morgan fingerprint density at radius 1 is 1.06 bits per heavy atom. The first-order valence-electron chi connectivity index (χ1n) is 4.85. The minimum absolute atomic E-state index is 0.460. The number of hydrogen-bond acceptors (Lipinski definition) is 4. The molecule has 3 rings (SSSR count). The Balaban J connectivity index is 2.29. The lowest BCUT2D eigenvalue weighted by molar-refractivity contribution is 1.10. The van der Waals surface area contributed by atoms with Crippen molar-refractivity contribution in [3.63, 3.8) is 0 Å². The quantitative estimate of drug-likeness (QED) is 0.660. The smallest absolute Gasteiger partial charge is 0.178 e. The summed E-state index contributed by atoms with van der Waals surface area (Å²) in [6, 6.07) is 7.45. The van der Waals surface area contributed by atoms with E-state index in [0.29, 0.717) is 11.6 Å². The molecule has 0 fully saturated rings. The van der Waals surface area contributed by atoms with Crippen molar-refractivity contribution in [2.24, 2.45) is 0 Å². The highest BCUT2D eigenvalue weighted by molar-refractivity contribution is 5.57. The largest absolute Gasteiger partial charge is 0.384 e. The second kappa shape index (κ2) is 3.30. The normalized spacial score (nSPS) is 10.8. The first-order valence-corrected chi connectivity index (χ1v) is 4.85. The number of imidazole rings is 1. The molecule has 3 aromatic heterocycles. The molecule has 5 heteroatoms. The molecule has 2 N–H and O–H groups in total. The van der Waals surface area contributed by atoms with Crippen LogP contribution in [0.4, 0.5) is 5.82 Å². The Morgan fingerprint density at radius 2 is 2.00 bits per heavy atom. The molecule has 0 saturated heterocycles. The average molecular weight is 211 g/mol. The summed E-state index contributed by atoms with van der Waals surface area (Å²) in [5.74, 6) is 1.06. The molecule has 0 aliphatic heterocycles. The van der Waals surface area contributed by atoms with E-state index in [1.54, 1.807) is 18.5 Å². The molecule has 0 spiro atoms. The van der Waals surface area contributed by atoms with Crippen LogP contribution in [0.25, 0.3) is 17.2 Å². The van der Waals surface area contributed by atoms with Crippen LogP contribution in [0, 0.1) is 0 Å². The van der Waals surface area contributed by atoms with E-state index in [9.17, 15) is 0 Å². The molecule has 0 amide bonds. The lowest BCUT2D eigenvalue weighted by Crippen LogP contribution is -1.98. The molecule has 0 bridgehead atoms. The highest BCUT2D eigenvalue weighted by atomic mass is 15.0. The van der Waals surface area contributed by atoms with Gasteiger partial charge in [0.25, 0.3) is 0 Å². The average Bonchev–Trinajstić information content (AvgIpc) is 2.76. The summed E-state index contributed by atoms with van der Waals surface area (Å²) >= 11 is 0. The summed E-state index contributed by atoms with van der Waals surface area (Å²) in [6.07, 6.45) is 5.26. The van der Waals surface area contributed by atoms with Crippen molar-refractivity contribution in [3.05, 3.63) is 42.9 Å². The number of fused-ring (bicyclic) bond motifs is 1. The molecule has 78 valence electrons. The van der Waals surface area contributed by atoms with Crippen LogP contribution in [-0.4, -0.2) is 19.4 Å². The van der Waals surface area contributed by atoms with Gasteiger partial charge in [0, 0.05) is 18.6 Å². The number of rotatable bonds is 1. The van der Waals surface area contributed by atoms with Gasteiger partial charge in [-0.25, -0.2) is 15.0 Å². The number of nitrogens with two attached hydrogens (primary N) is 1. The SMILES string of the molecule is Nc1ccnc(-c2cccc3nccn23)n1. The Morgan fingerprint density at radius 3 is 2.88 bits per heavy atom. The molecule has 0 aliphatic rings. The van der Waals surface area contributed by atoms with E-state index in [1.165, 1.54) is 0 Å². The van der Waals surface area contributed by atoms with Crippen molar-refractivity contribution < 1.29 is 0 Å². The minimum atomic E-state index is 0.460. The van der Waals surface area contributed by atoms with Crippen LogP contribution in [0.2, 0.25) is 0 Å². The number of hydrogen-bond donors (Lipinski definition) is 1. The van der Waals surface area contributed by atoms with E-state index >= 15 is 0 Å². The van der Waals surface area contributed by atoms with Gasteiger partial charge in [0.05, 0.1) is 5.69 Å². The minimum Gasteiger partial charge on any atom is -0.384 e. The van der Waals surface area contributed by atoms with Gasteiger partial charge in [0.2, 0.25) is 0 Å². The molecule has 0 atom stereocenters. The molecular weight excluding hydrogens is 202 g/mol. The van der Waals surface area contributed by atoms with Gasteiger partial charge >= 0.3 is 0 Å². The zero-order chi connectivity index (χ0) is 11.0.